The van der Waals surface area contributed by atoms with Crippen molar-refractivity contribution in [1.29, 1.82) is 0 Å². The van der Waals surface area contributed by atoms with Crippen LogP contribution in [-0.2, 0) is 13.1 Å². The molecular weight excluding hydrogens is 342 g/mol. The van der Waals surface area contributed by atoms with Crippen LogP contribution in [0.2, 0.25) is 0 Å². The molecule has 26 heavy (non-hydrogen) atoms. The highest BCUT2D eigenvalue weighted by Gasteiger charge is 2.16. The van der Waals surface area contributed by atoms with E-state index in [4.69, 9.17) is 12.2 Å². The number of anilines is 1. The van der Waals surface area contributed by atoms with Gasteiger partial charge in [-0.25, -0.2) is 4.98 Å². The summed E-state index contributed by atoms with van der Waals surface area (Å²) in [5.41, 5.74) is 3.66. The van der Waals surface area contributed by atoms with Gasteiger partial charge in [-0.2, -0.15) is 0 Å². The predicted octanol–water partition coefficient (Wildman–Crippen LogP) is 4.78. The molecule has 4 nitrogen and oxygen atoms in total. The summed E-state index contributed by atoms with van der Waals surface area (Å²) in [4.78, 5) is 16.8. The van der Waals surface area contributed by atoms with Gasteiger partial charge in [-0.3, -0.25) is 4.79 Å². The lowest BCUT2D eigenvalue weighted by molar-refractivity contribution is 0.101. The zero-order chi connectivity index (χ0) is 18.5. The number of carbonyl (C=O) groups excluding carboxylic acids is 1. The molecule has 0 saturated carbocycles. The number of benzene rings is 2. The SMILES string of the molecule is CC(=O)c1c(NCc2ccccc2)nc(=S)n(Cc2ccccc2)c1C. The predicted molar refractivity (Wildman–Crippen MR) is 107 cm³/mol. The molecule has 0 aliphatic heterocycles. The normalized spacial score (nSPS) is 10.5. The van der Waals surface area contributed by atoms with Gasteiger partial charge in [-0.05, 0) is 37.2 Å². The van der Waals surface area contributed by atoms with Gasteiger partial charge in [0.2, 0.25) is 4.77 Å². The third-order valence-corrected chi connectivity index (χ3v) is 4.59. The Morgan fingerprint density at radius 1 is 1.04 bits per heavy atom. The molecule has 0 spiro atoms. The van der Waals surface area contributed by atoms with E-state index in [9.17, 15) is 4.79 Å². The van der Waals surface area contributed by atoms with Crippen molar-refractivity contribution in [1.82, 2.24) is 9.55 Å². The lowest BCUT2D eigenvalue weighted by Crippen LogP contribution is -2.17. The first-order valence-electron chi connectivity index (χ1n) is 8.50. The van der Waals surface area contributed by atoms with E-state index in [1.165, 1.54) is 0 Å². The molecule has 3 rings (SSSR count). The maximum Gasteiger partial charge on any atom is 0.201 e. The molecule has 0 atom stereocenters. The number of Topliss-reactive ketones (excluding diaryl/α,β-unsaturated/α-hetero) is 1. The van der Waals surface area contributed by atoms with Gasteiger partial charge < -0.3 is 9.88 Å². The van der Waals surface area contributed by atoms with Gasteiger partial charge in [0.1, 0.15) is 5.82 Å². The number of ketones is 1. The van der Waals surface area contributed by atoms with E-state index in [1.54, 1.807) is 6.92 Å². The first-order valence-corrected chi connectivity index (χ1v) is 8.91. The third kappa shape index (κ3) is 4.06. The smallest absolute Gasteiger partial charge is 0.201 e. The summed E-state index contributed by atoms with van der Waals surface area (Å²) in [6.45, 7) is 4.67. The second-order valence-corrected chi connectivity index (χ2v) is 6.54. The van der Waals surface area contributed by atoms with E-state index < -0.39 is 0 Å². The molecule has 132 valence electrons. The minimum absolute atomic E-state index is 0.0256. The average Bonchev–Trinajstić information content (AvgIpc) is 2.64. The van der Waals surface area contributed by atoms with E-state index in [-0.39, 0.29) is 5.78 Å². The van der Waals surface area contributed by atoms with Crippen molar-refractivity contribution in [3.8, 4) is 0 Å². The van der Waals surface area contributed by atoms with E-state index >= 15 is 0 Å². The van der Waals surface area contributed by atoms with Crippen LogP contribution in [0.5, 0.6) is 0 Å². The summed E-state index contributed by atoms with van der Waals surface area (Å²) >= 11 is 5.50. The van der Waals surface area contributed by atoms with Crippen molar-refractivity contribution < 1.29 is 4.79 Å². The molecule has 0 amide bonds. The molecular formula is C21H21N3OS. The number of nitrogens with zero attached hydrogens (tertiary/aromatic N) is 2. The Morgan fingerprint density at radius 3 is 2.19 bits per heavy atom. The van der Waals surface area contributed by atoms with Crippen LogP contribution in [-0.4, -0.2) is 15.3 Å². The molecule has 0 saturated heterocycles. The highest BCUT2D eigenvalue weighted by atomic mass is 32.1. The van der Waals surface area contributed by atoms with Gasteiger partial charge in [0.25, 0.3) is 0 Å². The Labute approximate surface area is 158 Å². The average molecular weight is 363 g/mol. The lowest BCUT2D eigenvalue weighted by atomic mass is 10.1. The zero-order valence-corrected chi connectivity index (χ0v) is 15.7. The molecule has 0 fully saturated rings. The van der Waals surface area contributed by atoms with Gasteiger partial charge in [0.15, 0.2) is 5.78 Å². The van der Waals surface area contributed by atoms with E-state index in [0.717, 1.165) is 16.8 Å². The summed E-state index contributed by atoms with van der Waals surface area (Å²) in [5, 5.41) is 3.27. The Balaban J connectivity index is 1.96. The molecule has 2 aromatic carbocycles. The molecule has 0 bridgehead atoms. The maximum atomic E-state index is 12.3. The van der Waals surface area contributed by atoms with E-state index in [1.807, 2.05) is 72.2 Å². The van der Waals surface area contributed by atoms with Crippen molar-refractivity contribution >= 4 is 23.8 Å². The fraction of sp³-hybridized carbons (Fsp3) is 0.190. The molecule has 0 unspecified atom stereocenters. The summed E-state index contributed by atoms with van der Waals surface area (Å²) in [6, 6.07) is 20.0. The number of nitrogens with one attached hydrogen (secondary N) is 1. The number of hydrogen-bond acceptors (Lipinski definition) is 4. The van der Waals surface area contributed by atoms with Crippen LogP contribution in [0, 0.1) is 11.7 Å². The van der Waals surface area contributed by atoms with Crippen LogP contribution in [0.25, 0.3) is 0 Å². The summed E-state index contributed by atoms with van der Waals surface area (Å²) in [7, 11) is 0. The molecule has 1 aromatic heterocycles. The van der Waals surface area contributed by atoms with Crippen LogP contribution < -0.4 is 5.32 Å². The van der Waals surface area contributed by atoms with Crippen LogP contribution in [0.15, 0.2) is 60.7 Å². The lowest BCUT2D eigenvalue weighted by Gasteiger charge is -2.18. The highest BCUT2D eigenvalue weighted by molar-refractivity contribution is 7.71. The topological polar surface area (TPSA) is 46.9 Å². The highest BCUT2D eigenvalue weighted by Crippen LogP contribution is 2.20. The Hall–Kier alpha value is -2.79. The van der Waals surface area contributed by atoms with Gasteiger partial charge in [-0.15, -0.1) is 0 Å². The fourth-order valence-electron chi connectivity index (χ4n) is 2.94. The quantitative estimate of drug-likeness (QED) is 0.505. The molecule has 1 heterocycles. The molecule has 0 aliphatic carbocycles. The number of carbonyl (C=O) groups is 1. The van der Waals surface area contributed by atoms with Crippen molar-refractivity contribution in [3.05, 3.63) is 87.8 Å². The monoisotopic (exact) mass is 363 g/mol. The van der Waals surface area contributed by atoms with Crippen LogP contribution in [0.4, 0.5) is 5.82 Å². The van der Waals surface area contributed by atoms with Crippen LogP contribution in [0.3, 0.4) is 0 Å². The minimum atomic E-state index is -0.0256. The summed E-state index contributed by atoms with van der Waals surface area (Å²) in [5.74, 6) is 0.524. The van der Waals surface area contributed by atoms with Crippen molar-refractivity contribution in [2.75, 3.05) is 5.32 Å². The van der Waals surface area contributed by atoms with E-state index in [0.29, 0.717) is 29.2 Å². The Kier molecular flexibility index (Phi) is 5.58. The summed E-state index contributed by atoms with van der Waals surface area (Å²) < 4.78 is 2.38. The van der Waals surface area contributed by atoms with Crippen LogP contribution in [0.1, 0.15) is 34.1 Å². The number of aromatic nitrogens is 2. The van der Waals surface area contributed by atoms with Gasteiger partial charge in [-0.1, -0.05) is 60.7 Å². The maximum absolute atomic E-state index is 12.3. The molecule has 0 radical (unpaired) electrons. The minimum Gasteiger partial charge on any atom is -0.365 e. The number of rotatable bonds is 6. The third-order valence-electron chi connectivity index (χ3n) is 4.28. The first-order chi connectivity index (χ1) is 12.6. The molecule has 3 aromatic rings. The zero-order valence-electron chi connectivity index (χ0n) is 14.9. The fourth-order valence-corrected chi connectivity index (χ4v) is 3.24. The Morgan fingerprint density at radius 2 is 1.62 bits per heavy atom. The second-order valence-electron chi connectivity index (χ2n) is 6.17. The van der Waals surface area contributed by atoms with Crippen molar-refractivity contribution in [3.63, 3.8) is 0 Å². The van der Waals surface area contributed by atoms with Gasteiger partial charge in [0, 0.05) is 12.2 Å². The van der Waals surface area contributed by atoms with Crippen molar-refractivity contribution in [2.24, 2.45) is 0 Å². The molecule has 1 N–H and O–H groups in total. The van der Waals surface area contributed by atoms with Gasteiger partial charge in [0.05, 0.1) is 12.1 Å². The van der Waals surface area contributed by atoms with Crippen LogP contribution >= 0.6 is 12.2 Å². The van der Waals surface area contributed by atoms with Gasteiger partial charge >= 0.3 is 0 Å². The first kappa shape index (κ1) is 18.0. The number of hydrogen-bond donors (Lipinski definition) is 1. The van der Waals surface area contributed by atoms with E-state index in [2.05, 4.69) is 10.3 Å². The van der Waals surface area contributed by atoms with Crippen molar-refractivity contribution in [2.45, 2.75) is 26.9 Å². The summed E-state index contributed by atoms with van der Waals surface area (Å²) in [6.07, 6.45) is 0. The Bertz CT molecular complexity index is 966. The second kappa shape index (κ2) is 8.06. The molecule has 0 aliphatic rings. The largest absolute Gasteiger partial charge is 0.365 e. The standard InChI is InChI=1S/C21H21N3OS/c1-15-19(16(2)25)20(22-13-17-9-5-3-6-10-17)23-21(26)24(15)14-18-11-7-4-8-12-18/h3-12H,13-14H2,1-2H3,(H,22,23,26). The molecule has 5 heteroatoms.